The van der Waals surface area contributed by atoms with Crippen LogP contribution in [0.5, 0.6) is 5.75 Å². The van der Waals surface area contributed by atoms with Gasteiger partial charge in [0.15, 0.2) is 0 Å². The van der Waals surface area contributed by atoms with Gasteiger partial charge in [0, 0.05) is 0 Å². The van der Waals surface area contributed by atoms with Crippen LogP contribution in [0.2, 0.25) is 0 Å². The Morgan fingerprint density at radius 1 is 1.50 bits per heavy atom. The molecule has 0 heterocycles. The van der Waals surface area contributed by atoms with Crippen LogP contribution in [0.1, 0.15) is 0 Å². The van der Waals surface area contributed by atoms with E-state index in [0.29, 0.717) is 30.3 Å². The van der Waals surface area contributed by atoms with Gasteiger partial charge in [0.25, 0.3) is 0 Å². The number of anilines is 1. The molecule has 0 fully saturated rings. The standard InChI is InChI=1S/C11H16N2O2S/c1-16-8-11(14)13-6-7-15-10-5-3-2-4-9(10)12/h2-5H,6-8,12H2,1H3,(H,13,14). The van der Waals surface area contributed by atoms with Crippen molar-refractivity contribution < 1.29 is 9.53 Å². The van der Waals surface area contributed by atoms with Crippen LogP contribution in [-0.4, -0.2) is 31.1 Å². The summed E-state index contributed by atoms with van der Waals surface area (Å²) in [7, 11) is 0. The molecule has 16 heavy (non-hydrogen) atoms. The van der Waals surface area contributed by atoms with Gasteiger partial charge in [0.1, 0.15) is 12.4 Å². The van der Waals surface area contributed by atoms with Gasteiger partial charge in [0.05, 0.1) is 18.0 Å². The molecule has 0 bridgehead atoms. The van der Waals surface area contributed by atoms with Crippen molar-refractivity contribution in [1.82, 2.24) is 5.32 Å². The van der Waals surface area contributed by atoms with Crippen molar-refractivity contribution in [3.8, 4) is 5.75 Å². The summed E-state index contributed by atoms with van der Waals surface area (Å²) in [6, 6.07) is 7.29. The van der Waals surface area contributed by atoms with Gasteiger partial charge in [-0.1, -0.05) is 12.1 Å². The average Bonchev–Trinajstić information content (AvgIpc) is 2.27. The lowest BCUT2D eigenvalue weighted by atomic mass is 10.3. The number of amides is 1. The molecule has 4 nitrogen and oxygen atoms in total. The molecule has 3 N–H and O–H groups in total. The molecule has 0 aromatic heterocycles. The third-order valence-corrected chi connectivity index (χ3v) is 2.43. The van der Waals surface area contributed by atoms with Gasteiger partial charge in [-0.3, -0.25) is 4.79 Å². The zero-order valence-corrected chi connectivity index (χ0v) is 10.0. The van der Waals surface area contributed by atoms with E-state index >= 15 is 0 Å². The molecule has 1 aromatic rings. The topological polar surface area (TPSA) is 64.3 Å². The monoisotopic (exact) mass is 240 g/mol. The lowest BCUT2D eigenvalue weighted by molar-refractivity contribution is -0.118. The third kappa shape index (κ3) is 4.44. The van der Waals surface area contributed by atoms with E-state index in [2.05, 4.69) is 5.32 Å². The largest absolute Gasteiger partial charge is 0.490 e. The molecule has 0 radical (unpaired) electrons. The Hall–Kier alpha value is -1.36. The Labute approximate surface area is 99.5 Å². The summed E-state index contributed by atoms with van der Waals surface area (Å²) in [5.41, 5.74) is 6.30. The fourth-order valence-corrected chi connectivity index (χ4v) is 1.51. The maximum absolute atomic E-state index is 11.1. The quantitative estimate of drug-likeness (QED) is 0.578. The van der Waals surface area contributed by atoms with E-state index in [1.165, 1.54) is 11.8 Å². The van der Waals surface area contributed by atoms with Crippen LogP contribution < -0.4 is 15.8 Å². The van der Waals surface area contributed by atoms with Crippen molar-refractivity contribution in [3.63, 3.8) is 0 Å². The SMILES string of the molecule is CSCC(=O)NCCOc1ccccc1N. The van der Waals surface area contributed by atoms with Crippen molar-refractivity contribution in [3.05, 3.63) is 24.3 Å². The normalized spacial score (nSPS) is 9.81. The number of rotatable bonds is 6. The highest BCUT2D eigenvalue weighted by Crippen LogP contribution is 2.19. The minimum Gasteiger partial charge on any atom is -0.490 e. The second-order valence-corrected chi connectivity index (χ2v) is 4.04. The fourth-order valence-electron chi connectivity index (χ4n) is 1.15. The maximum atomic E-state index is 11.1. The number of thioether (sulfide) groups is 1. The molecule has 5 heteroatoms. The maximum Gasteiger partial charge on any atom is 0.230 e. The summed E-state index contributed by atoms with van der Waals surface area (Å²) >= 11 is 1.49. The predicted octanol–water partition coefficient (Wildman–Crippen LogP) is 1.13. The first-order chi connectivity index (χ1) is 7.74. The minimum atomic E-state index is 0.0251. The molecule has 1 aromatic carbocycles. The summed E-state index contributed by atoms with van der Waals surface area (Å²) in [6.45, 7) is 0.919. The Bertz CT molecular complexity index is 345. The Morgan fingerprint density at radius 2 is 2.25 bits per heavy atom. The van der Waals surface area contributed by atoms with Crippen LogP contribution in [0.3, 0.4) is 0 Å². The fraction of sp³-hybridized carbons (Fsp3) is 0.364. The average molecular weight is 240 g/mol. The number of para-hydroxylation sites is 2. The number of hydrogen-bond donors (Lipinski definition) is 2. The smallest absolute Gasteiger partial charge is 0.230 e. The second-order valence-electron chi connectivity index (χ2n) is 3.17. The second kappa shape index (κ2) is 7.00. The van der Waals surface area contributed by atoms with Crippen LogP contribution in [0, 0.1) is 0 Å². The van der Waals surface area contributed by atoms with E-state index < -0.39 is 0 Å². The number of ether oxygens (including phenoxy) is 1. The predicted molar refractivity (Wildman–Crippen MR) is 67.7 cm³/mol. The number of carbonyl (C=O) groups is 1. The first kappa shape index (κ1) is 12.7. The van der Waals surface area contributed by atoms with Gasteiger partial charge in [-0.2, -0.15) is 11.8 Å². The number of hydrogen-bond acceptors (Lipinski definition) is 4. The summed E-state index contributed by atoms with van der Waals surface area (Å²) in [5.74, 6) is 1.16. The van der Waals surface area contributed by atoms with Crippen molar-refractivity contribution in [2.75, 3.05) is 30.9 Å². The lowest BCUT2D eigenvalue weighted by Gasteiger charge is -2.09. The zero-order chi connectivity index (χ0) is 11.8. The molecule has 0 atom stereocenters. The summed E-state index contributed by atoms with van der Waals surface area (Å²) in [5, 5.41) is 2.75. The van der Waals surface area contributed by atoms with E-state index in [0.717, 1.165) is 0 Å². The van der Waals surface area contributed by atoms with Crippen LogP contribution >= 0.6 is 11.8 Å². The number of benzene rings is 1. The van der Waals surface area contributed by atoms with Crippen molar-refractivity contribution in [2.24, 2.45) is 0 Å². The Morgan fingerprint density at radius 3 is 2.94 bits per heavy atom. The molecule has 0 aliphatic carbocycles. The summed E-state index contributed by atoms with van der Waals surface area (Å²) in [6.07, 6.45) is 1.89. The molecule has 1 rings (SSSR count). The van der Waals surface area contributed by atoms with E-state index in [-0.39, 0.29) is 5.91 Å². The van der Waals surface area contributed by atoms with Gasteiger partial charge in [0.2, 0.25) is 5.91 Å². The lowest BCUT2D eigenvalue weighted by Crippen LogP contribution is -2.29. The van der Waals surface area contributed by atoms with Crippen LogP contribution in [0.15, 0.2) is 24.3 Å². The third-order valence-electron chi connectivity index (χ3n) is 1.88. The van der Waals surface area contributed by atoms with Crippen LogP contribution in [0.4, 0.5) is 5.69 Å². The molecule has 88 valence electrons. The first-order valence-corrected chi connectivity index (χ1v) is 6.36. The Balaban J connectivity index is 2.21. The molecule has 0 spiro atoms. The first-order valence-electron chi connectivity index (χ1n) is 4.97. The molecule has 0 unspecified atom stereocenters. The van der Waals surface area contributed by atoms with Gasteiger partial charge < -0.3 is 15.8 Å². The van der Waals surface area contributed by atoms with E-state index in [1.54, 1.807) is 12.1 Å². The van der Waals surface area contributed by atoms with Gasteiger partial charge in [-0.15, -0.1) is 0 Å². The van der Waals surface area contributed by atoms with E-state index in [9.17, 15) is 4.79 Å². The van der Waals surface area contributed by atoms with Crippen molar-refractivity contribution in [2.45, 2.75) is 0 Å². The summed E-state index contributed by atoms with van der Waals surface area (Å²) < 4.78 is 5.42. The van der Waals surface area contributed by atoms with Crippen molar-refractivity contribution in [1.29, 1.82) is 0 Å². The Kier molecular flexibility index (Phi) is 5.56. The number of nitrogens with two attached hydrogens (primary N) is 1. The van der Waals surface area contributed by atoms with Gasteiger partial charge >= 0.3 is 0 Å². The zero-order valence-electron chi connectivity index (χ0n) is 9.23. The molecular weight excluding hydrogens is 224 g/mol. The molecule has 0 saturated carbocycles. The minimum absolute atomic E-state index is 0.0251. The summed E-state index contributed by atoms with van der Waals surface area (Å²) in [4.78, 5) is 11.1. The number of nitrogens with one attached hydrogen (secondary N) is 1. The van der Waals surface area contributed by atoms with Crippen LogP contribution in [0.25, 0.3) is 0 Å². The molecule has 0 aliphatic heterocycles. The highest BCUT2D eigenvalue weighted by Gasteiger charge is 2.00. The van der Waals surface area contributed by atoms with E-state index in [4.69, 9.17) is 10.5 Å². The highest BCUT2D eigenvalue weighted by molar-refractivity contribution is 7.99. The van der Waals surface area contributed by atoms with Crippen LogP contribution in [-0.2, 0) is 4.79 Å². The molecule has 0 aliphatic rings. The van der Waals surface area contributed by atoms with Gasteiger partial charge in [-0.05, 0) is 18.4 Å². The number of carbonyl (C=O) groups excluding carboxylic acids is 1. The van der Waals surface area contributed by atoms with Gasteiger partial charge in [-0.25, -0.2) is 0 Å². The molecular formula is C11H16N2O2S. The van der Waals surface area contributed by atoms with E-state index in [1.807, 2.05) is 18.4 Å². The molecule has 1 amide bonds. The molecule has 0 saturated heterocycles. The number of nitrogen functional groups attached to an aromatic ring is 1. The highest BCUT2D eigenvalue weighted by atomic mass is 32.2. The van der Waals surface area contributed by atoms with Crippen molar-refractivity contribution >= 4 is 23.4 Å².